The fraction of sp³-hybridized carbons (Fsp3) is 0.435. The molecular weight excluding hydrogens is 497 g/mol. The van der Waals surface area contributed by atoms with Crippen molar-refractivity contribution in [1.82, 2.24) is 30.2 Å². The number of aromatic nitrogens is 4. The third kappa shape index (κ3) is 6.77. The van der Waals surface area contributed by atoms with Crippen LogP contribution >= 0.6 is 0 Å². The van der Waals surface area contributed by atoms with Crippen molar-refractivity contribution >= 4 is 12.0 Å². The van der Waals surface area contributed by atoms with Crippen LogP contribution in [0.5, 0.6) is 5.75 Å². The summed E-state index contributed by atoms with van der Waals surface area (Å²) in [5, 5.41) is 10.5. The van der Waals surface area contributed by atoms with E-state index in [0.29, 0.717) is 13.0 Å². The molecule has 2 aromatic heterocycles. The highest BCUT2D eigenvalue weighted by atomic mass is 19.4. The summed E-state index contributed by atoms with van der Waals surface area (Å²) in [6.07, 6.45) is -0.725. The lowest BCUT2D eigenvalue weighted by molar-refractivity contribution is -0.274. The molecule has 198 valence electrons. The topological polar surface area (TPSA) is 125 Å². The summed E-state index contributed by atoms with van der Waals surface area (Å²) in [5.41, 5.74) is -0.729. The van der Waals surface area contributed by atoms with E-state index < -0.39 is 35.8 Å². The second kappa shape index (κ2) is 10.1. The van der Waals surface area contributed by atoms with Crippen LogP contribution in [0.4, 0.5) is 18.0 Å². The maximum Gasteiger partial charge on any atom is 0.573 e. The van der Waals surface area contributed by atoms with Gasteiger partial charge >= 0.3 is 18.4 Å². The van der Waals surface area contributed by atoms with Gasteiger partial charge in [-0.15, -0.1) is 18.3 Å². The first-order valence-electron chi connectivity index (χ1n) is 11.3. The highest BCUT2D eigenvalue weighted by molar-refractivity contribution is 5.90. The molecule has 2 amide bonds. The van der Waals surface area contributed by atoms with Gasteiger partial charge in [-0.3, -0.25) is 9.48 Å². The molecular formula is C23H25F3N6O5. The van der Waals surface area contributed by atoms with Gasteiger partial charge in [0.2, 0.25) is 0 Å². The molecule has 0 bridgehead atoms. The molecule has 0 aliphatic carbocycles. The number of carbonyl (C=O) groups excluding carboxylic acids is 2. The van der Waals surface area contributed by atoms with Gasteiger partial charge in [0.1, 0.15) is 11.4 Å². The molecule has 1 fully saturated rings. The molecule has 0 unspecified atom stereocenters. The van der Waals surface area contributed by atoms with E-state index in [4.69, 9.17) is 9.15 Å². The van der Waals surface area contributed by atoms with E-state index in [0.717, 1.165) is 12.3 Å². The quantitative estimate of drug-likeness (QED) is 0.520. The van der Waals surface area contributed by atoms with E-state index in [1.165, 1.54) is 29.3 Å². The molecule has 11 nitrogen and oxygen atoms in total. The standard InChI is InChI=1S/C23H25F3N6O5/c1-22(2,3)37-21(34)32-12-14(10-15(32)13-31-9-8-28-30-31)29-19(33)20-27-11-18(35-20)16-6-4-5-7-17(16)36-23(24,25)26/h4-9,11,14-15H,10,12-13H2,1-3H3,(H,29,33)/t14-,15+/m1/s1. The van der Waals surface area contributed by atoms with E-state index in [1.807, 2.05) is 0 Å². The van der Waals surface area contributed by atoms with Crippen molar-refractivity contribution in [2.45, 2.75) is 57.8 Å². The first kappa shape index (κ1) is 26.0. The molecule has 3 heterocycles. The zero-order valence-corrected chi connectivity index (χ0v) is 20.2. The Labute approximate surface area is 209 Å². The molecule has 1 aliphatic rings. The Morgan fingerprint density at radius 1 is 1.22 bits per heavy atom. The van der Waals surface area contributed by atoms with E-state index in [1.54, 1.807) is 31.6 Å². The minimum absolute atomic E-state index is 0.0174. The molecule has 37 heavy (non-hydrogen) atoms. The molecule has 1 aliphatic heterocycles. The van der Waals surface area contributed by atoms with Crippen molar-refractivity contribution in [3.8, 4) is 17.1 Å². The molecule has 0 spiro atoms. The summed E-state index contributed by atoms with van der Waals surface area (Å²) in [6.45, 7) is 5.76. The normalized spacial score (nSPS) is 18.1. The Bertz CT molecular complexity index is 1240. The Hall–Kier alpha value is -4.10. The van der Waals surface area contributed by atoms with Gasteiger partial charge in [0.15, 0.2) is 5.76 Å². The number of rotatable bonds is 6. The number of para-hydroxylation sites is 1. The average molecular weight is 522 g/mol. The number of benzene rings is 1. The van der Waals surface area contributed by atoms with Gasteiger partial charge in [-0.1, -0.05) is 17.3 Å². The Kier molecular flexibility index (Phi) is 7.09. The Morgan fingerprint density at radius 2 is 1.97 bits per heavy atom. The lowest BCUT2D eigenvalue weighted by Gasteiger charge is -2.28. The van der Waals surface area contributed by atoms with Crippen molar-refractivity contribution in [2.75, 3.05) is 6.54 Å². The third-order valence-electron chi connectivity index (χ3n) is 5.33. The zero-order chi connectivity index (χ0) is 26.8. The Morgan fingerprint density at radius 3 is 2.65 bits per heavy atom. The average Bonchev–Trinajstić information content (AvgIpc) is 3.53. The van der Waals surface area contributed by atoms with Crippen molar-refractivity contribution in [3.05, 3.63) is 48.7 Å². The molecule has 0 saturated carbocycles. The predicted molar refractivity (Wildman–Crippen MR) is 121 cm³/mol. The van der Waals surface area contributed by atoms with Crippen molar-refractivity contribution in [2.24, 2.45) is 0 Å². The van der Waals surface area contributed by atoms with Gasteiger partial charge in [-0.2, -0.15) is 0 Å². The van der Waals surface area contributed by atoms with Crippen LogP contribution in [0.15, 0.2) is 47.3 Å². The van der Waals surface area contributed by atoms with Crippen LogP contribution in [0, 0.1) is 0 Å². The highest BCUT2D eigenvalue weighted by Crippen LogP contribution is 2.34. The Balaban J connectivity index is 1.47. The summed E-state index contributed by atoms with van der Waals surface area (Å²) in [6, 6.07) is 4.55. The fourth-order valence-electron chi connectivity index (χ4n) is 3.92. The highest BCUT2D eigenvalue weighted by Gasteiger charge is 2.39. The van der Waals surface area contributed by atoms with Crippen LogP contribution in [-0.2, 0) is 11.3 Å². The van der Waals surface area contributed by atoms with Gasteiger partial charge in [0.25, 0.3) is 5.89 Å². The second-order valence-electron chi connectivity index (χ2n) is 9.39. The minimum atomic E-state index is -4.90. The maximum absolute atomic E-state index is 12.8. The van der Waals surface area contributed by atoms with Crippen LogP contribution in [0.1, 0.15) is 37.9 Å². The van der Waals surface area contributed by atoms with Crippen molar-refractivity contribution < 1.29 is 36.7 Å². The van der Waals surface area contributed by atoms with E-state index in [2.05, 4.69) is 25.3 Å². The van der Waals surface area contributed by atoms with Gasteiger partial charge in [-0.05, 0) is 39.3 Å². The van der Waals surface area contributed by atoms with E-state index in [9.17, 15) is 22.8 Å². The lowest BCUT2D eigenvalue weighted by atomic mass is 10.1. The first-order valence-corrected chi connectivity index (χ1v) is 11.3. The van der Waals surface area contributed by atoms with Crippen LogP contribution in [0.25, 0.3) is 11.3 Å². The van der Waals surface area contributed by atoms with Crippen molar-refractivity contribution in [1.29, 1.82) is 0 Å². The zero-order valence-electron chi connectivity index (χ0n) is 20.2. The summed E-state index contributed by atoms with van der Waals surface area (Å²) in [5.74, 6) is -1.59. The maximum atomic E-state index is 12.8. The molecule has 0 radical (unpaired) electrons. The van der Waals surface area contributed by atoms with Gasteiger partial charge < -0.3 is 24.1 Å². The van der Waals surface area contributed by atoms with Crippen LogP contribution in [-0.4, -0.2) is 67.5 Å². The number of hydrogen-bond donors (Lipinski definition) is 1. The number of amides is 2. The third-order valence-corrected chi connectivity index (χ3v) is 5.33. The number of hydrogen-bond acceptors (Lipinski definition) is 8. The molecule has 1 saturated heterocycles. The second-order valence-corrected chi connectivity index (χ2v) is 9.39. The van der Waals surface area contributed by atoms with Gasteiger partial charge in [0, 0.05) is 18.8 Å². The molecule has 1 N–H and O–H groups in total. The first-order chi connectivity index (χ1) is 17.4. The SMILES string of the molecule is CC(C)(C)OC(=O)N1C[C@H](NC(=O)c2ncc(-c3ccccc3OC(F)(F)F)o2)C[C@H]1Cn1ccnn1. The van der Waals surface area contributed by atoms with Gasteiger partial charge in [-0.25, -0.2) is 9.78 Å². The molecule has 2 atom stereocenters. The number of nitrogens with one attached hydrogen (secondary N) is 1. The number of likely N-dealkylation sites (tertiary alicyclic amines) is 1. The predicted octanol–water partition coefficient (Wildman–Crippen LogP) is 3.64. The summed E-state index contributed by atoms with van der Waals surface area (Å²) < 4.78 is 54.8. The van der Waals surface area contributed by atoms with Crippen LogP contribution in [0.3, 0.4) is 0 Å². The van der Waals surface area contributed by atoms with Crippen molar-refractivity contribution in [3.63, 3.8) is 0 Å². The number of halogens is 3. The minimum Gasteiger partial charge on any atom is -0.444 e. The molecule has 4 rings (SSSR count). The monoisotopic (exact) mass is 522 g/mol. The largest absolute Gasteiger partial charge is 0.573 e. The van der Waals surface area contributed by atoms with Crippen LogP contribution in [0.2, 0.25) is 0 Å². The summed E-state index contributed by atoms with van der Waals surface area (Å²) >= 11 is 0. The smallest absolute Gasteiger partial charge is 0.444 e. The number of carbonyl (C=O) groups is 2. The van der Waals surface area contributed by atoms with E-state index in [-0.39, 0.29) is 29.8 Å². The summed E-state index contributed by atoms with van der Waals surface area (Å²) in [4.78, 5) is 31.1. The fourth-order valence-corrected chi connectivity index (χ4v) is 3.92. The van der Waals surface area contributed by atoms with Crippen LogP contribution < -0.4 is 10.1 Å². The number of oxazole rings is 1. The molecule has 1 aromatic carbocycles. The molecule has 14 heteroatoms. The lowest BCUT2D eigenvalue weighted by Crippen LogP contribution is -2.43. The molecule has 3 aromatic rings. The number of alkyl halides is 3. The number of ether oxygens (including phenoxy) is 2. The van der Waals surface area contributed by atoms with E-state index >= 15 is 0 Å². The number of nitrogens with zero attached hydrogens (tertiary/aromatic N) is 5. The van der Waals surface area contributed by atoms with Gasteiger partial charge in [0.05, 0.1) is 30.5 Å². The summed E-state index contributed by atoms with van der Waals surface area (Å²) in [7, 11) is 0.